The van der Waals surface area contributed by atoms with Crippen LogP contribution in [-0.4, -0.2) is 37.4 Å². The first-order valence-corrected chi connectivity index (χ1v) is 7.95. The number of hydrogen-bond acceptors (Lipinski definition) is 5. The molecular weight excluding hydrogens is 322 g/mol. The van der Waals surface area contributed by atoms with Gasteiger partial charge in [-0.1, -0.05) is 49.5 Å². The maximum absolute atomic E-state index is 12.4. The van der Waals surface area contributed by atoms with Crippen molar-refractivity contribution in [3.8, 4) is 5.75 Å². The maximum atomic E-state index is 12.4. The van der Waals surface area contributed by atoms with Gasteiger partial charge in [-0.05, 0) is 30.2 Å². The van der Waals surface area contributed by atoms with Gasteiger partial charge in [-0.15, -0.1) is 0 Å². The van der Waals surface area contributed by atoms with E-state index in [-0.39, 0.29) is 16.0 Å². The highest BCUT2D eigenvalue weighted by Gasteiger charge is 2.39. The summed E-state index contributed by atoms with van der Waals surface area (Å²) >= 11 is 6.26. The van der Waals surface area contributed by atoms with Crippen molar-refractivity contribution >= 4 is 46.3 Å². The van der Waals surface area contributed by atoms with Crippen LogP contribution in [-0.2, 0) is 9.59 Å². The fourth-order valence-electron chi connectivity index (χ4n) is 2.11. The largest absolute Gasteiger partial charge is 0.508 e. The monoisotopic (exact) mass is 337 g/mol. The lowest BCUT2D eigenvalue weighted by molar-refractivity contribution is -0.145. The number of benzene rings is 1. The van der Waals surface area contributed by atoms with Gasteiger partial charge in [0, 0.05) is 0 Å². The molecule has 0 radical (unpaired) electrons. The van der Waals surface area contributed by atoms with Gasteiger partial charge in [-0.25, -0.2) is 4.79 Å². The SMILES string of the molecule is CCC[C@H](C(=O)O)N1C(=O)/C(=C/c2ccc(O)cc2)SC1=S. The van der Waals surface area contributed by atoms with Crippen molar-refractivity contribution in [2.45, 2.75) is 25.8 Å². The number of aliphatic carboxylic acids is 1. The number of nitrogens with zero attached hydrogens (tertiary/aromatic N) is 1. The average molecular weight is 337 g/mol. The van der Waals surface area contributed by atoms with Crippen molar-refractivity contribution in [3.63, 3.8) is 0 Å². The number of aromatic hydroxyl groups is 1. The standard InChI is InChI=1S/C15H15NO4S2/c1-2-3-11(14(19)20)16-13(18)12(22-15(16)21)8-9-4-6-10(17)7-5-9/h4-8,11,17H,2-3H2,1H3,(H,19,20)/b12-8-/t11-/m1/s1. The number of thiocarbonyl (C=S) groups is 1. The van der Waals surface area contributed by atoms with E-state index in [1.807, 2.05) is 6.92 Å². The van der Waals surface area contributed by atoms with Crippen LogP contribution in [0.25, 0.3) is 6.08 Å². The molecule has 2 N–H and O–H groups in total. The smallest absolute Gasteiger partial charge is 0.326 e. The quantitative estimate of drug-likeness (QED) is 0.635. The van der Waals surface area contributed by atoms with Crippen LogP contribution in [0, 0.1) is 0 Å². The molecule has 1 aliphatic rings. The minimum atomic E-state index is -1.05. The molecular formula is C15H15NO4S2. The van der Waals surface area contributed by atoms with Gasteiger partial charge in [0.1, 0.15) is 16.1 Å². The molecule has 1 aromatic rings. The second-order valence-electron chi connectivity index (χ2n) is 4.79. The Bertz CT molecular complexity index is 639. The number of carboxylic acid groups (broad SMARTS) is 1. The van der Waals surface area contributed by atoms with Crippen LogP contribution >= 0.6 is 24.0 Å². The van der Waals surface area contributed by atoms with E-state index >= 15 is 0 Å². The highest BCUT2D eigenvalue weighted by atomic mass is 32.2. The molecule has 0 spiro atoms. The fraction of sp³-hybridized carbons (Fsp3) is 0.267. The van der Waals surface area contributed by atoms with Crippen molar-refractivity contribution in [3.05, 3.63) is 34.7 Å². The zero-order valence-electron chi connectivity index (χ0n) is 11.9. The van der Waals surface area contributed by atoms with Crippen LogP contribution in [0.5, 0.6) is 5.75 Å². The summed E-state index contributed by atoms with van der Waals surface area (Å²) in [4.78, 5) is 25.4. The molecule has 1 saturated heterocycles. The summed E-state index contributed by atoms with van der Waals surface area (Å²) in [7, 11) is 0. The van der Waals surface area contributed by atoms with Crippen LogP contribution in [0.1, 0.15) is 25.3 Å². The summed E-state index contributed by atoms with van der Waals surface area (Å²) in [5, 5.41) is 18.6. The summed E-state index contributed by atoms with van der Waals surface area (Å²) in [6, 6.07) is 5.45. The third-order valence-corrected chi connectivity index (χ3v) is 4.50. The first-order chi connectivity index (χ1) is 10.4. The Morgan fingerprint density at radius 3 is 2.59 bits per heavy atom. The van der Waals surface area contributed by atoms with Gasteiger partial charge < -0.3 is 10.2 Å². The van der Waals surface area contributed by atoms with Crippen LogP contribution in [0.15, 0.2) is 29.2 Å². The van der Waals surface area contributed by atoms with Crippen LogP contribution in [0.2, 0.25) is 0 Å². The molecule has 1 aromatic carbocycles. The lowest BCUT2D eigenvalue weighted by atomic mass is 10.1. The van der Waals surface area contributed by atoms with Crippen LogP contribution < -0.4 is 0 Å². The number of carbonyl (C=O) groups is 2. The third kappa shape index (κ3) is 3.48. The highest BCUT2D eigenvalue weighted by Crippen LogP contribution is 2.35. The second kappa shape index (κ2) is 6.93. The van der Waals surface area contributed by atoms with Crippen molar-refractivity contribution < 1.29 is 19.8 Å². The lowest BCUT2D eigenvalue weighted by Gasteiger charge is -2.22. The van der Waals surface area contributed by atoms with E-state index in [4.69, 9.17) is 12.2 Å². The topological polar surface area (TPSA) is 77.8 Å². The second-order valence-corrected chi connectivity index (χ2v) is 6.46. The Kier molecular flexibility index (Phi) is 5.20. The normalized spacial score (nSPS) is 18.0. The van der Waals surface area contributed by atoms with Crippen molar-refractivity contribution in [2.24, 2.45) is 0 Å². The molecule has 7 heteroatoms. The van der Waals surface area contributed by atoms with Crippen molar-refractivity contribution in [1.82, 2.24) is 4.90 Å². The molecule has 1 atom stereocenters. The van der Waals surface area contributed by atoms with Crippen molar-refractivity contribution in [2.75, 3.05) is 0 Å². The van der Waals surface area contributed by atoms with Gasteiger partial charge in [-0.3, -0.25) is 9.69 Å². The molecule has 2 rings (SSSR count). The van der Waals surface area contributed by atoms with E-state index in [9.17, 15) is 19.8 Å². The van der Waals surface area contributed by atoms with E-state index in [2.05, 4.69) is 0 Å². The number of amides is 1. The molecule has 22 heavy (non-hydrogen) atoms. The molecule has 116 valence electrons. The predicted molar refractivity (Wildman–Crippen MR) is 89.5 cm³/mol. The molecule has 0 aliphatic carbocycles. The molecule has 1 fully saturated rings. The van der Waals surface area contributed by atoms with E-state index in [0.717, 1.165) is 17.3 Å². The number of rotatable bonds is 5. The molecule has 1 heterocycles. The van der Waals surface area contributed by atoms with Gasteiger partial charge in [0.05, 0.1) is 4.91 Å². The molecule has 5 nitrogen and oxygen atoms in total. The Morgan fingerprint density at radius 1 is 1.41 bits per heavy atom. The summed E-state index contributed by atoms with van der Waals surface area (Å²) in [5.74, 6) is -1.30. The first kappa shape index (κ1) is 16.5. The van der Waals surface area contributed by atoms with Gasteiger partial charge in [0.15, 0.2) is 0 Å². The van der Waals surface area contributed by atoms with Gasteiger partial charge in [0.2, 0.25) is 0 Å². The summed E-state index contributed by atoms with van der Waals surface area (Å²) in [5.41, 5.74) is 0.737. The number of hydrogen-bond donors (Lipinski definition) is 2. The van der Waals surface area contributed by atoms with Crippen LogP contribution in [0.4, 0.5) is 0 Å². The predicted octanol–water partition coefficient (Wildman–Crippen LogP) is 2.85. The zero-order valence-corrected chi connectivity index (χ0v) is 13.5. The van der Waals surface area contributed by atoms with Gasteiger partial charge >= 0.3 is 5.97 Å². The number of carboxylic acids is 1. The third-order valence-electron chi connectivity index (χ3n) is 3.17. The lowest BCUT2D eigenvalue weighted by Crippen LogP contribution is -2.43. The maximum Gasteiger partial charge on any atom is 0.326 e. The average Bonchev–Trinajstić information content (AvgIpc) is 2.73. The van der Waals surface area contributed by atoms with Crippen molar-refractivity contribution in [1.29, 1.82) is 0 Å². The zero-order chi connectivity index (χ0) is 16.3. The molecule has 1 amide bonds. The fourth-order valence-corrected chi connectivity index (χ4v) is 3.46. The highest BCUT2D eigenvalue weighted by molar-refractivity contribution is 8.26. The summed E-state index contributed by atoms with van der Waals surface area (Å²) in [6.45, 7) is 1.86. The van der Waals surface area contributed by atoms with Gasteiger partial charge in [-0.2, -0.15) is 0 Å². The molecule has 0 aromatic heterocycles. The molecule has 1 aliphatic heterocycles. The first-order valence-electron chi connectivity index (χ1n) is 6.73. The summed E-state index contributed by atoms with van der Waals surface area (Å²) in [6.07, 6.45) is 2.64. The number of phenolic OH excluding ortho intramolecular Hbond substituents is 1. The Balaban J connectivity index is 2.27. The Morgan fingerprint density at radius 2 is 2.05 bits per heavy atom. The summed E-state index contributed by atoms with van der Waals surface area (Å²) < 4.78 is 0.260. The van der Waals surface area contributed by atoms with Gasteiger partial charge in [0.25, 0.3) is 5.91 Å². The van der Waals surface area contributed by atoms with E-state index in [1.54, 1.807) is 18.2 Å². The van der Waals surface area contributed by atoms with Crippen LogP contribution in [0.3, 0.4) is 0 Å². The van der Waals surface area contributed by atoms with E-state index in [1.165, 1.54) is 17.0 Å². The Labute approximate surface area is 137 Å². The minimum Gasteiger partial charge on any atom is -0.508 e. The minimum absolute atomic E-state index is 0.138. The number of carbonyl (C=O) groups excluding carboxylic acids is 1. The van der Waals surface area contributed by atoms with E-state index < -0.39 is 12.0 Å². The molecule has 0 bridgehead atoms. The Hall–Kier alpha value is -1.86. The van der Waals surface area contributed by atoms with E-state index in [0.29, 0.717) is 17.7 Å². The number of thioether (sulfide) groups is 1. The molecule has 0 saturated carbocycles. The number of phenols is 1. The molecule has 0 unspecified atom stereocenters.